The predicted octanol–water partition coefficient (Wildman–Crippen LogP) is 0.890. The zero-order chi connectivity index (χ0) is 16.1. The van der Waals surface area contributed by atoms with Crippen molar-refractivity contribution in [1.29, 1.82) is 0 Å². The van der Waals surface area contributed by atoms with Crippen molar-refractivity contribution in [1.82, 2.24) is 15.5 Å². The number of hydrogen-bond donors (Lipinski definition) is 2. The highest BCUT2D eigenvalue weighted by atomic mass is 19.1. The van der Waals surface area contributed by atoms with E-state index in [1.165, 1.54) is 24.3 Å². The molecule has 0 spiro atoms. The number of amides is 1. The molecule has 1 fully saturated rings. The second-order valence-electron chi connectivity index (χ2n) is 5.04. The van der Waals surface area contributed by atoms with Crippen molar-refractivity contribution < 1.29 is 23.4 Å². The highest BCUT2D eigenvalue weighted by Crippen LogP contribution is 2.15. The summed E-state index contributed by atoms with van der Waals surface area (Å²) in [5, 5.41) is 9.25. The molecule has 1 aromatic carbocycles. The first-order chi connectivity index (χ1) is 11.2. The van der Waals surface area contributed by atoms with Crippen molar-refractivity contribution in [3.63, 3.8) is 0 Å². The first-order valence-electron chi connectivity index (χ1n) is 7.11. The third-order valence-electron chi connectivity index (χ3n) is 3.32. The van der Waals surface area contributed by atoms with Gasteiger partial charge in [-0.1, -0.05) is 0 Å². The summed E-state index contributed by atoms with van der Waals surface area (Å²) in [5.41, 5.74) is 0. The standard InChI is InChI=1S/C15H16FN3O4/c16-10-1-3-11(4-2-10)22-9-15(20)19-13-7-21-8-14(13)23-12-5-17-18-6-12/h1-6,13-14H,7-9H2,(H,17,18)(H,19,20)/t13-,14+/m0/s1. The molecule has 0 radical (unpaired) electrons. The van der Waals surface area contributed by atoms with E-state index < -0.39 is 0 Å². The number of H-pyrrole nitrogens is 1. The molecule has 1 aromatic heterocycles. The number of benzene rings is 1. The smallest absolute Gasteiger partial charge is 0.258 e. The lowest BCUT2D eigenvalue weighted by molar-refractivity contribution is -0.124. The summed E-state index contributed by atoms with van der Waals surface area (Å²) in [6, 6.07) is 5.20. The van der Waals surface area contributed by atoms with Crippen LogP contribution in [0.15, 0.2) is 36.7 Å². The van der Waals surface area contributed by atoms with Crippen LogP contribution in [0.2, 0.25) is 0 Å². The highest BCUT2D eigenvalue weighted by Gasteiger charge is 2.31. The fraction of sp³-hybridized carbons (Fsp3) is 0.333. The number of nitrogens with one attached hydrogen (secondary N) is 2. The van der Waals surface area contributed by atoms with Crippen molar-refractivity contribution >= 4 is 5.91 Å². The Morgan fingerprint density at radius 3 is 2.91 bits per heavy atom. The number of rotatable bonds is 6. The molecule has 1 aliphatic heterocycles. The van der Waals surface area contributed by atoms with Gasteiger partial charge in [-0.2, -0.15) is 5.10 Å². The monoisotopic (exact) mass is 321 g/mol. The van der Waals surface area contributed by atoms with Crippen LogP contribution >= 0.6 is 0 Å². The SMILES string of the molecule is O=C(COc1ccc(F)cc1)N[C@H]1COC[C@H]1Oc1cn[nH]c1. The van der Waals surface area contributed by atoms with E-state index in [4.69, 9.17) is 14.2 Å². The number of ether oxygens (including phenoxy) is 3. The Labute approximate surface area is 131 Å². The number of aromatic amines is 1. The van der Waals surface area contributed by atoms with Crippen molar-refractivity contribution in [2.45, 2.75) is 12.1 Å². The van der Waals surface area contributed by atoms with Gasteiger partial charge in [-0.3, -0.25) is 9.89 Å². The van der Waals surface area contributed by atoms with Crippen LogP contribution in [0.4, 0.5) is 4.39 Å². The van der Waals surface area contributed by atoms with Gasteiger partial charge in [-0.15, -0.1) is 0 Å². The maximum atomic E-state index is 12.8. The van der Waals surface area contributed by atoms with Crippen molar-refractivity contribution in [3.05, 3.63) is 42.5 Å². The van der Waals surface area contributed by atoms with Crippen LogP contribution < -0.4 is 14.8 Å². The average Bonchev–Trinajstić information content (AvgIpc) is 3.20. The van der Waals surface area contributed by atoms with Gasteiger partial charge in [0, 0.05) is 0 Å². The van der Waals surface area contributed by atoms with Gasteiger partial charge in [-0.05, 0) is 24.3 Å². The number of hydrogen-bond acceptors (Lipinski definition) is 5. The maximum Gasteiger partial charge on any atom is 0.258 e. The normalized spacial score (nSPS) is 20.2. The summed E-state index contributed by atoms with van der Waals surface area (Å²) in [6.07, 6.45) is 2.88. The van der Waals surface area contributed by atoms with E-state index in [2.05, 4.69) is 15.5 Å². The van der Waals surface area contributed by atoms with Gasteiger partial charge >= 0.3 is 0 Å². The Bertz CT molecular complexity index is 633. The quantitative estimate of drug-likeness (QED) is 0.825. The van der Waals surface area contributed by atoms with Gasteiger partial charge in [0.1, 0.15) is 17.7 Å². The topological polar surface area (TPSA) is 85.5 Å². The van der Waals surface area contributed by atoms with E-state index >= 15 is 0 Å². The highest BCUT2D eigenvalue weighted by molar-refractivity contribution is 5.78. The van der Waals surface area contributed by atoms with Crippen molar-refractivity contribution in [2.24, 2.45) is 0 Å². The van der Waals surface area contributed by atoms with E-state index in [1.54, 1.807) is 12.4 Å². The minimum Gasteiger partial charge on any atom is -0.484 e. The fourth-order valence-corrected chi connectivity index (χ4v) is 2.19. The third kappa shape index (κ3) is 4.19. The number of carbonyl (C=O) groups is 1. The van der Waals surface area contributed by atoms with E-state index in [0.29, 0.717) is 24.7 Å². The molecule has 0 saturated carbocycles. The minimum atomic E-state index is -0.357. The summed E-state index contributed by atoms with van der Waals surface area (Å²) >= 11 is 0. The van der Waals surface area contributed by atoms with E-state index in [0.717, 1.165) is 0 Å². The van der Waals surface area contributed by atoms with Crippen molar-refractivity contribution in [3.8, 4) is 11.5 Å². The Balaban J connectivity index is 1.47. The Morgan fingerprint density at radius 2 is 2.17 bits per heavy atom. The molecule has 2 N–H and O–H groups in total. The lowest BCUT2D eigenvalue weighted by Gasteiger charge is -2.19. The first-order valence-corrected chi connectivity index (χ1v) is 7.11. The number of halogens is 1. The lowest BCUT2D eigenvalue weighted by atomic mass is 10.2. The summed E-state index contributed by atoms with van der Waals surface area (Å²) in [6.45, 7) is 0.584. The van der Waals surface area contributed by atoms with Crippen LogP contribution in [0.5, 0.6) is 11.5 Å². The molecular weight excluding hydrogens is 305 g/mol. The third-order valence-corrected chi connectivity index (χ3v) is 3.32. The van der Waals surface area contributed by atoms with E-state index in [1.807, 2.05) is 0 Å². The van der Waals surface area contributed by atoms with Crippen LogP contribution in [0, 0.1) is 5.82 Å². The zero-order valence-corrected chi connectivity index (χ0v) is 12.2. The van der Waals surface area contributed by atoms with Gasteiger partial charge in [0.2, 0.25) is 0 Å². The molecule has 0 bridgehead atoms. The molecule has 0 aliphatic carbocycles. The number of aromatic nitrogens is 2. The van der Waals surface area contributed by atoms with Gasteiger partial charge in [-0.25, -0.2) is 4.39 Å². The molecule has 2 atom stereocenters. The molecule has 2 heterocycles. The predicted molar refractivity (Wildman–Crippen MR) is 77.6 cm³/mol. The summed E-state index contributed by atoms with van der Waals surface area (Å²) < 4.78 is 29.1. The summed E-state index contributed by atoms with van der Waals surface area (Å²) in [7, 11) is 0. The molecule has 0 unspecified atom stereocenters. The van der Waals surface area contributed by atoms with Gasteiger partial charge in [0.15, 0.2) is 12.4 Å². The minimum absolute atomic E-state index is 0.166. The van der Waals surface area contributed by atoms with Gasteiger partial charge in [0.25, 0.3) is 5.91 Å². The second kappa shape index (κ2) is 7.10. The molecule has 1 saturated heterocycles. The molecule has 1 aliphatic rings. The van der Waals surface area contributed by atoms with E-state index in [9.17, 15) is 9.18 Å². The second-order valence-corrected chi connectivity index (χ2v) is 5.04. The lowest BCUT2D eigenvalue weighted by Crippen LogP contribution is -2.46. The molecule has 122 valence electrons. The molecule has 8 heteroatoms. The molecule has 23 heavy (non-hydrogen) atoms. The number of nitrogens with zero attached hydrogens (tertiary/aromatic N) is 1. The molecule has 7 nitrogen and oxygen atoms in total. The average molecular weight is 321 g/mol. The first kappa shape index (κ1) is 15.3. The van der Waals surface area contributed by atoms with Crippen LogP contribution in [-0.2, 0) is 9.53 Å². The number of carbonyl (C=O) groups excluding carboxylic acids is 1. The van der Waals surface area contributed by atoms with E-state index in [-0.39, 0.29) is 30.5 Å². The van der Waals surface area contributed by atoms with Gasteiger partial charge in [0.05, 0.1) is 31.6 Å². The van der Waals surface area contributed by atoms with Crippen LogP contribution in [0.25, 0.3) is 0 Å². The molecule has 1 amide bonds. The summed E-state index contributed by atoms with van der Waals surface area (Å²) in [5.74, 6) is 0.354. The zero-order valence-electron chi connectivity index (χ0n) is 12.2. The van der Waals surface area contributed by atoms with Crippen LogP contribution in [0.1, 0.15) is 0 Å². The maximum absolute atomic E-state index is 12.8. The van der Waals surface area contributed by atoms with Crippen molar-refractivity contribution in [2.75, 3.05) is 19.8 Å². The largest absolute Gasteiger partial charge is 0.484 e. The molecule has 3 rings (SSSR count). The fourth-order valence-electron chi connectivity index (χ4n) is 2.19. The Kier molecular flexibility index (Phi) is 4.72. The Morgan fingerprint density at radius 1 is 1.35 bits per heavy atom. The Hall–Kier alpha value is -2.61. The van der Waals surface area contributed by atoms with Gasteiger partial charge < -0.3 is 19.5 Å². The molecular formula is C15H16FN3O4. The summed E-state index contributed by atoms with van der Waals surface area (Å²) in [4.78, 5) is 11.9. The molecule has 2 aromatic rings. The van der Waals surface area contributed by atoms with Crippen LogP contribution in [0.3, 0.4) is 0 Å². The van der Waals surface area contributed by atoms with Crippen LogP contribution in [-0.4, -0.2) is 48.1 Å².